The number of benzene rings is 1. The van der Waals surface area contributed by atoms with Gasteiger partial charge in [0.25, 0.3) is 5.69 Å². The molecule has 0 aliphatic heterocycles. The van der Waals surface area contributed by atoms with Gasteiger partial charge in [0, 0.05) is 12.5 Å². The highest BCUT2D eigenvalue weighted by Gasteiger charge is 2.20. The first-order valence-electron chi connectivity index (χ1n) is 7.00. The molecule has 0 saturated heterocycles. The number of aryl methyl sites for hydroxylation is 1. The van der Waals surface area contributed by atoms with Crippen LogP contribution in [0.4, 0.5) is 11.4 Å². The molecule has 116 valence electrons. The number of hydrogen-bond donors (Lipinski definition) is 2. The van der Waals surface area contributed by atoms with Crippen molar-refractivity contribution in [1.29, 1.82) is 0 Å². The predicted octanol–water partition coefficient (Wildman–Crippen LogP) is 3.00. The maximum Gasteiger partial charge on any atom is 0.293 e. The molecule has 0 unspecified atom stereocenters. The molecule has 6 heteroatoms. The maximum atomic E-state index is 12.0. The van der Waals surface area contributed by atoms with Crippen LogP contribution in [-0.2, 0) is 4.79 Å². The van der Waals surface area contributed by atoms with Crippen molar-refractivity contribution >= 4 is 17.3 Å². The van der Waals surface area contributed by atoms with E-state index in [1.54, 1.807) is 19.1 Å². The van der Waals surface area contributed by atoms with Gasteiger partial charge in [-0.05, 0) is 43.4 Å². The average Bonchev–Trinajstić information content (AvgIpc) is 2.38. The van der Waals surface area contributed by atoms with Crippen LogP contribution >= 0.6 is 0 Å². The minimum atomic E-state index is -0.485. The lowest BCUT2D eigenvalue weighted by molar-refractivity contribution is -0.384. The Morgan fingerprint density at radius 3 is 2.62 bits per heavy atom. The van der Waals surface area contributed by atoms with E-state index in [2.05, 4.69) is 19.2 Å². The second-order valence-corrected chi connectivity index (χ2v) is 6.03. The standard InChI is InChI=1S/C15H23N3O3/c1-11-4-5-12(13(10-11)18(20)21)17-14(19)6-7-15(2,3)8-9-16/h4-5,10H,6-9,16H2,1-3H3,(H,17,19). The molecule has 6 nitrogen and oxygen atoms in total. The summed E-state index contributed by atoms with van der Waals surface area (Å²) >= 11 is 0. The molecular weight excluding hydrogens is 270 g/mol. The Kier molecular flexibility index (Phi) is 5.84. The number of hydrogen-bond acceptors (Lipinski definition) is 4. The van der Waals surface area contributed by atoms with Crippen LogP contribution in [0.15, 0.2) is 18.2 Å². The van der Waals surface area contributed by atoms with Crippen LogP contribution in [0.25, 0.3) is 0 Å². The first-order chi connectivity index (χ1) is 9.75. The van der Waals surface area contributed by atoms with Gasteiger partial charge in [0.2, 0.25) is 5.91 Å². The summed E-state index contributed by atoms with van der Waals surface area (Å²) in [4.78, 5) is 22.5. The number of nitro benzene ring substituents is 1. The molecule has 0 radical (unpaired) electrons. The monoisotopic (exact) mass is 293 g/mol. The summed E-state index contributed by atoms with van der Waals surface area (Å²) in [6.45, 7) is 6.47. The third-order valence-corrected chi connectivity index (χ3v) is 3.47. The smallest absolute Gasteiger partial charge is 0.293 e. The van der Waals surface area contributed by atoms with Crippen molar-refractivity contribution in [3.05, 3.63) is 33.9 Å². The van der Waals surface area contributed by atoms with Crippen molar-refractivity contribution in [2.75, 3.05) is 11.9 Å². The van der Waals surface area contributed by atoms with Crippen LogP contribution in [0, 0.1) is 22.5 Å². The van der Waals surface area contributed by atoms with Gasteiger partial charge < -0.3 is 11.1 Å². The second-order valence-electron chi connectivity index (χ2n) is 6.03. The zero-order chi connectivity index (χ0) is 16.0. The topological polar surface area (TPSA) is 98.3 Å². The molecule has 0 aliphatic carbocycles. The molecule has 1 rings (SSSR count). The molecule has 0 atom stereocenters. The molecule has 0 fully saturated rings. The highest BCUT2D eigenvalue weighted by molar-refractivity contribution is 5.93. The minimum Gasteiger partial charge on any atom is -0.330 e. The third kappa shape index (κ3) is 5.51. The van der Waals surface area contributed by atoms with Crippen molar-refractivity contribution in [2.24, 2.45) is 11.1 Å². The number of carbonyl (C=O) groups is 1. The highest BCUT2D eigenvalue weighted by Crippen LogP contribution is 2.28. The Balaban J connectivity index is 2.69. The minimum absolute atomic E-state index is 0.00863. The molecule has 0 heterocycles. The van der Waals surface area contributed by atoms with Gasteiger partial charge in [-0.1, -0.05) is 19.9 Å². The molecule has 21 heavy (non-hydrogen) atoms. The Morgan fingerprint density at radius 1 is 1.38 bits per heavy atom. The van der Waals surface area contributed by atoms with E-state index in [0.29, 0.717) is 19.4 Å². The van der Waals surface area contributed by atoms with E-state index < -0.39 is 4.92 Å². The van der Waals surface area contributed by atoms with Crippen LogP contribution in [0.3, 0.4) is 0 Å². The fraction of sp³-hybridized carbons (Fsp3) is 0.533. The largest absolute Gasteiger partial charge is 0.330 e. The van der Waals surface area contributed by atoms with Crippen molar-refractivity contribution in [3.63, 3.8) is 0 Å². The summed E-state index contributed by atoms with van der Waals surface area (Å²) < 4.78 is 0. The Morgan fingerprint density at radius 2 is 2.05 bits per heavy atom. The van der Waals surface area contributed by atoms with Gasteiger partial charge in [-0.15, -0.1) is 0 Å². The normalized spacial score (nSPS) is 11.2. The van der Waals surface area contributed by atoms with Crippen LogP contribution < -0.4 is 11.1 Å². The molecule has 1 aromatic carbocycles. The van der Waals surface area contributed by atoms with Crippen molar-refractivity contribution in [2.45, 2.75) is 40.0 Å². The van der Waals surface area contributed by atoms with Gasteiger partial charge in [0.05, 0.1) is 4.92 Å². The van der Waals surface area contributed by atoms with Gasteiger partial charge >= 0.3 is 0 Å². The van der Waals surface area contributed by atoms with Gasteiger partial charge in [-0.2, -0.15) is 0 Å². The Labute approximate surface area is 124 Å². The summed E-state index contributed by atoms with van der Waals surface area (Å²) in [5.41, 5.74) is 6.47. The van der Waals surface area contributed by atoms with E-state index in [9.17, 15) is 14.9 Å². The third-order valence-electron chi connectivity index (χ3n) is 3.47. The van der Waals surface area contributed by atoms with Crippen LogP contribution in [0.1, 0.15) is 38.7 Å². The lowest BCUT2D eigenvalue weighted by atomic mass is 9.84. The van der Waals surface area contributed by atoms with Crippen molar-refractivity contribution in [3.8, 4) is 0 Å². The number of amides is 1. The predicted molar refractivity (Wildman–Crippen MR) is 83.1 cm³/mol. The summed E-state index contributed by atoms with van der Waals surface area (Å²) in [5.74, 6) is -0.216. The number of nitrogens with one attached hydrogen (secondary N) is 1. The molecule has 0 saturated carbocycles. The summed E-state index contributed by atoms with van der Waals surface area (Å²) in [6, 6.07) is 4.76. The highest BCUT2D eigenvalue weighted by atomic mass is 16.6. The van der Waals surface area contributed by atoms with E-state index in [4.69, 9.17) is 5.73 Å². The lowest BCUT2D eigenvalue weighted by Crippen LogP contribution is -2.21. The molecule has 1 aromatic rings. The first-order valence-corrected chi connectivity index (χ1v) is 7.00. The van der Waals surface area contributed by atoms with Gasteiger partial charge in [-0.3, -0.25) is 14.9 Å². The maximum absolute atomic E-state index is 12.0. The number of nitrogens with zero attached hydrogens (tertiary/aromatic N) is 1. The molecule has 0 aliphatic rings. The molecule has 0 spiro atoms. The lowest BCUT2D eigenvalue weighted by Gasteiger charge is -2.23. The fourth-order valence-corrected chi connectivity index (χ4v) is 2.08. The number of rotatable bonds is 7. The SMILES string of the molecule is Cc1ccc(NC(=O)CCC(C)(C)CCN)c([N+](=O)[O-])c1. The van der Waals surface area contributed by atoms with E-state index >= 15 is 0 Å². The molecular formula is C15H23N3O3. The van der Waals surface area contributed by atoms with Crippen LogP contribution in [0.5, 0.6) is 0 Å². The quantitative estimate of drug-likeness (QED) is 0.596. The molecule has 0 aromatic heterocycles. The van der Waals surface area contributed by atoms with Crippen LogP contribution in [-0.4, -0.2) is 17.4 Å². The molecule has 0 bridgehead atoms. The number of carbonyl (C=O) groups excluding carboxylic acids is 1. The van der Waals surface area contributed by atoms with Crippen molar-refractivity contribution in [1.82, 2.24) is 0 Å². The summed E-state index contributed by atoms with van der Waals surface area (Å²) in [5, 5.41) is 13.6. The summed E-state index contributed by atoms with van der Waals surface area (Å²) in [6.07, 6.45) is 1.85. The molecule has 3 N–H and O–H groups in total. The molecule has 1 amide bonds. The number of nitro groups is 1. The van der Waals surface area contributed by atoms with Gasteiger partial charge in [0.1, 0.15) is 5.69 Å². The van der Waals surface area contributed by atoms with Crippen molar-refractivity contribution < 1.29 is 9.72 Å². The van der Waals surface area contributed by atoms with E-state index in [-0.39, 0.29) is 22.7 Å². The van der Waals surface area contributed by atoms with Crippen LogP contribution in [0.2, 0.25) is 0 Å². The average molecular weight is 293 g/mol. The van der Waals surface area contributed by atoms with E-state index in [0.717, 1.165) is 12.0 Å². The Hall–Kier alpha value is -1.95. The van der Waals surface area contributed by atoms with E-state index in [1.807, 2.05) is 0 Å². The number of nitrogens with two attached hydrogens (primary N) is 1. The van der Waals surface area contributed by atoms with Gasteiger partial charge in [-0.25, -0.2) is 0 Å². The first kappa shape index (κ1) is 17.1. The Bertz CT molecular complexity index is 527. The summed E-state index contributed by atoms with van der Waals surface area (Å²) in [7, 11) is 0. The zero-order valence-corrected chi connectivity index (χ0v) is 12.8. The van der Waals surface area contributed by atoms with E-state index in [1.165, 1.54) is 6.07 Å². The van der Waals surface area contributed by atoms with Gasteiger partial charge in [0.15, 0.2) is 0 Å². The number of anilines is 1. The second kappa shape index (κ2) is 7.17. The zero-order valence-electron chi connectivity index (χ0n) is 12.8. The fourth-order valence-electron chi connectivity index (χ4n) is 2.08.